The average molecular weight is 278 g/mol. The molecule has 6 nitrogen and oxygen atoms in total. The number of nitrogens with one attached hydrogen (secondary N) is 2. The standard InChI is InChI=1S/C14H22N4O2/c1-14(2)11-18(8-9-20-14)7-6-16-13(19)17-12-4-3-5-15-10-12/h3-5,10H,6-9,11H2,1-2H3,(H2,16,17,19). The van der Waals surface area contributed by atoms with Crippen LogP contribution in [0, 0.1) is 0 Å². The molecule has 1 aromatic heterocycles. The van der Waals surface area contributed by atoms with Gasteiger partial charge in [0.25, 0.3) is 0 Å². The Bertz CT molecular complexity index is 436. The molecule has 2 amide bonds. The van der Waals surface area contributed by atoms with Gasteiger partial charge in [0.15, 0.2) is 0 Å². The molecule has 2 heterocycles. The van der Waals surface area contributed by atoms with Gasteiger partial charge >= 0.3 is 6.03 Å². The van der Waals surface area contributed by atoms with E-state index in [1.165, 1.54) is 0 Å². The maximum atomic E-state index is 11.7. The van der Waals surface area contributed by atoms with Crippen LogP contribution in [0.3, 0.4) is 0 Å². The largest absolute Gasteiger partial charge is 0.373 e. The molecule has 0 radical (unpaired) electrons. The number of ether oxygens (including phenoxy) is 1. The quantitative estimate of drug-likeness (QED) is 0.871. The first-order chi connectivity index (χ1) is 9.55. The van der Waals surface area contributed by atoms with Crippen LogP contribution in [0.5, 0.6) is 0 Å². The minimum Gasteiger partial charge on any atom is -0.373 e. The van der Waals surface area contributed by atoms with E-state index < -0.39 is 0 Å². The van der Waals surface area contributed by atoms with E-state index in [2.05, 4.69) is 34.4 Å². The summed E-state index contributed by atoms with van der Waals surface area (Å²) < 4.78 is 5.65. The van der Waals surface area contributed by atoms with Crippen molar-refractivity contribution < 1.29 is 9.53 Å². The second kappa shape index (κ2) is 6.67. The van der Waals surface area contributed by atoms with Crippen molar-refractivity contribution in [1.82, 2.24) is 15.2 Å². The predicted octanol–water partition coefficient (Wildman–Crippen LogP) is 1.31. The molecule has 0 saturated carbocycles. The van der Waals surface area contributed by atoms with E-state index in [9.17, 15) is 4.79 Å². The fourth-order valence-electron chi connectivity index (χ4n) is 2.24. The van der Waals surface area contributed by atoms with Gasteiger partial charge in [0.05, 0.1) is 24.1 Å². The number of hydrogen-bond donors (Lipinski definition) is 2. The number of anilines is 1. The molecule has 0 aromatic carbocycles. The van der Waals surface area contributed by atoms with Crippen LogP contribution in [0.1, 0.15) is 13.8 Å². The Hall–Kier alpha value is -1.66. The third kappa shape index (κ3) is 4.79. The predicted molar refractivity (Wildman–Crippen MR) is 77.7 cm³/mol. The number of nitrogens with zero attached hydrogens (tertiary/aromatic N) is 2. The Kier molecular flexibility index (Phi) is 4.92. The zero-order chi connectivity index (χ0) is 14.4. The van der Waals surface area contributed by atoms with Crippen molar-refractivity contribution in [3.05, 3.63) is 24.5 Å². The molecule has 0 aliphatic carbocycles. The van der Waals surface area contributed by atoms with Gasteiger partial charge in [0.1, 0.15) is 0 Å². The number of pyridine rings is 1. The van der Waals surface area contributed by atoms with Gasteiger partial charge in [-0.15, -0.1) is 0 Å². The van der Waals surface area contributed by atoms with Crippen molar-refractivity contribution >= 4 is 11.7 Å². The Morgan fingerprint density at radius 3 is 3.10 bits per heavy atom. The topological polar surface area (TPSA) is 66.5 Å². The van der Waals surface area contributed by atoms with Crippen LogP contribution in [0.2, 0.25) is 0 Å². The summed E-state index contributed by atoms with van der Waals surface area (Å²) in [5.41, 5.74) is 0.591. The van der Waals surface area contributed by atoms with Crippen molar-refractivity contribution in [2.45, 2.75) is 19.4 Å². The number of hydrogen-bond acceptors (Lipinski definition) is 4. The van der Waals surface area contributed by atoms with Crippen LogP contribution < -0.4 is 10.6 Å². The van der Waals surface area contributed by atoms with Crippen molar-refractivity contribution in [1.29, 1.82) is 0 Å². The monoisotopic (exact) mass is 278 g/mol. The lowest BCUT2D eigenvalue weighted by Crippen LogP contribution is -2.50. The zero-order valence-electron chi connectivity index (χ0n) is 12.1. The molecule has 2 N–H and O–H groups in total. The van der Waals surface area contributed by atoms with Crippen molar-refractivity contribution in [2.75, 3.05) is 38.1 Å². The third-order valence-electron chi connectivity index (χ3n) is 3.14. The van der Waals surface area contributed by atoms with Crippen molar-refractivity contribution in [2.24, 2.45) is 0 Å². The molecule has 1 aliphatic rings. The molecule has 1 aromatic rings. The molecule has 6 heteroatoms. The van der Waals surface area contributed by atoms with E-state index in [0.717, 1.165) is 26.2 Å². The van der Waals surface area contributed by atoms with Crippen molar-refractivity contribution in [3.8, 4) is 0 Å². The van der Waals surface area contributed by atoms with Crippen LogP contribution >= 0.6 is 0 Å². The van der Waals surface area contributed by atoms with Gasteiger partial charge in [-0.05, 0) is 26.0 Å². The third-order valence-corrected chi connectivity index (χ3v) is 3.14. The van der Waals surface area contributed by atoms with E-state index in [4.69, 9.17) is 4.74 Å². The summed E-state index contributed by atoms with van der Waals surface area (Å²) in [6.07, 6.45) is 3.29. The van der Waals surface area contributed by atoms with E-state index in [1.54, 1.807) is 24.5 Å². The highest BCUT2D eigenvalue weighted by Gasteiger charge is 2.26. The Balaban J connectivity index is 1.67. The van der Waals surface area contributed by atoms with E-state index in [1.807, 2.05) is 0 Å². The molecule has 1 saturated heterocycles. The number of rotatable bonds is 4. The lowest BCUT2D eigenvalue weighted by atomic mass is 10.1. The number of morpholine rings is 1. The summed E-state index contributed by atoms with van der Waals surface area (Å²) >= 11 is 0. The molecule has 0 spiro atoms. The summed E-state index contributed by atoms with van der Waals surface area (Å²) in [4.78, 5) is 17.9. The van der Waals surface area contributed by atoms with Crippen molar-refractivity contribution in [3.63, 3.8) is 0 Å². The van der Waals surface area contributed by atoms with Gasteiger partial charge in [-0.1, -0.05) is 0 Å². The minimum absolute atomic E-state index is 0.101. The number of carbonyl (C=O) groups excluding carboxylic acids is 1. The van der Waals surface area contributed by atoms with Crippen LogP contribution in [-0.4, -0.2) is 54.3 Å². The molecule has 1 fully saturated rings. The molecule has 0 bridgehead atoms. The minimum atomic E-state index is -0.203. The van der Waals surface area contributed by atoms with Gasteiger partial charge < -0.3 is 15.4 Å². The summed E-state index contributed by atoms with van der Waals surface area (Å²) in [7, 11) is 0. The molecule has 110 valence electrons. The Labute approximate surface area is 119 Å². The molecular weight excluding hydrogens is 256 g/mol. The highest BCUT2D eigenvalue weighted by molar-refractivity contribution is 5.88. The summed E-state index contributed by atoms with van der Waals surface area (Å²) in [6, 6.07) is 3.38. The number of urea groups is 1. The normalized spacial score (nSPS) is 18.5. The van der Waals surface area contributed by atoms with Gasteiger partial charge in [0.2, 0.25) is 0 Å². The number of carbonyl (C=O) groups is 1. The molecule has 20 heavy (non-hydrogen) atoms. The SMILES string of the molecule is CC1(C)CN(CCNC(=O)Nc2cccnc2)CCO1. The van der Waals surface area contributed by atoms with E-state index >= 15 is 0 Å². The van der Waals surface area contributed by atoms with Crippen LogP contribution in [0.4, 0.5) is 10.5 Å². The molecule has 2 rings (SSSR count). The lowest BCUT2D eigenvalue weighted by molar-refractivity contribution is -0.0852. The molecule has 0 unspecified atom stereocenters. The molecule has 1 aliphatic heterocycles. The van der Waals surface area contributed by atoms with E-state index in [0.29, 0.717) is 12.2 Å². The lowest BCUT2D eigenvalue weighted by Gasteiger charge is -2.38. The first kappa shape index (κ1) is 14.7. The highest BCUT2D eigenvalue weighted by Crippen LogP contribution is 2.15. The summed E-state index contributed by atoms with van der Waals surface area (Å²) in [5.74, 6) is 0. The van der Waals surface area contributed by atoms with Gasteiger partial charge in [-0.2, -0.15) is 0 Å². The van der Waals surface area contributed by atoms with Crippen LogP contribution in [0.15, 0.2) is 24.5 Å². The molecular formula is C14H22N4O2. The first-order valence-electron chi connectivity index (χ1n) is 6.86. The Morgan fingerprint density at radius 1 is 1.55 bits per heavy atom. The van der Waals surface area contributed by atoms with Crippen LogP contribution in [0.25, 0.3) is 0 Å². The maximum Gasteiger partial charge on any atom is 0.319 e. The van der Waals surface area contributed by atoms with Crippen LogP contribution in [-0.2, 0) is 4.74 Å². The van der Waals surface area contributed by atoms with E-state index in [-0.39, 0.29) is 11.6 Å². The smallest absolute Gasteiger partial charge is 0.319 e. The second-order valence-corrected chi connectivity index (χ2v) is 5.51. The first-order valence-corrected chi connectivity index (χ1v) is 6.86. The fourth-order valence-corrected chi connectivity index (χ4v) is 2.24. The highest BCUT2D eigenvalue weighted by atomic mass is 16.5. The zero-order valence-corrected chi connectivity index (χ0v) is 12.1. The van der Waals surface area contributed by atoms with Gasteiger partial charge in [0, 0.05) is 32.4 Å². The maximum absolute atomic E-state index is 11.7. The van der Waals surface area contributed by atoms with Gasteiger partial charge in [-0.3, -0.25) is 9.88 Å². The summed E-state index contributed by atoms with van der Waals surface area (Å²) in [5, 5.41) is 5.59. The summed E-state index contributed by atoms with van der Waals surface area (Å²) in [6.45, 7) is 8.15. The Morgan fingerprint density at radius 2 is 2.40 bits per heavy atom. The number of amides is 2. The second-order valence-electron chi connectivity index (χ2n) is 5.51. The fraction of sp³-hybridized carbons (Fsp3) is 0.571. The average Bonchev–Trinajstić information content (AvgIpc) is 2.38. The van der Waals surface area contributed by atoms with Gasteiger partial charge in [-0.25, -0.2) is 4.79 Å². The number of aromatic nitrogens is 1. The molecule has 0 atom stereocenters.